The van der Waals surface area contributed by atoms with E-state index in [-0.39, 0.29) is 27.0 Å². The number of phenolic OH excluding ortho intramolecular Hbond substituents is 1. The van der Waals surface area contributed by atoms with Crippen molar-refractivity contribution in [3.63, 3.8) is 0 Å². The Morgan fingerprint density at radius 1 is 1.36 bits per heavy atom. The van der Waals surface area contributed by atoms with Gasteiger partial charge in [0.1, 0.15) is 5.75 Å². The molecular formula is C15H8BrClN2O3. The number of hydrogen-bond donors (Lipinski definition) is 1. The average Bonchev–Trinajstić information content (AvgIpc) is 2.49. The summed E-state index contributed by atoms with van der Waals surface area (Å²) in [6.07, 6.45) is 1.39. The topological polar surface area (TPSA) is 87.2 Å². The summed E-state index contributed by atoms with van der Waals surface area (Å²) in [5.41, 5.74) is 0.824. The Bertz CT molecular complexity index is 811. The normalized spacial score (nSPS) is 11.0. The van der Waals surface area contributed by atoms with Gasteiger partial charge in [0.15, 0.2) is 0 Å². The summed E-state index contributed by atoms with van der Waals surface area (Å²) in [5.74, 6) is -0.174. The number of benzene rings is 2. The first-order valence-electron chi connectivity index (χ1n) is 5.97. The van der Waals surface area contributed by atoms with E-state index in [1.807, 2.05) is 6.07 Å². The van der Waals surface area contributed by atoms with Crippen molar-refractivity contribution in [2.45, 2.75) is 0 Å². The lowest BCUT2D eigenvalue weighted by molar-refractivity contribution is -0.385. The van der Waals surface area contributed by atoms with Crippen molar-refractivity contribution in [2.75, 3.05) is 0 Å². The van der Waals surface area contributed by atoms with Crippen LogP contribution >= 0.6 is 27.5 Å². The van der Waals surface area contributed by atoms with Gasteiger partial charge in [-0.2, -0.15) is 5.26 Å². The van der Waals surface area contributed by atoms with Gasteiger partial charge in [-0.1, -0.05) is 23.7 Å². The first kappa shape index (κ1) is 16.0. The fourth-order valence-electron chi connectivity index (χ4n) is 1.79. The van der Waals surface area contributed by atoms with Gasteiger partial charge in [-0.3, -0.25) is 10.1 Å². The number of hydrogen-bond acceptors (Lipinski definition) is 4. The monoisotopic (exact) mass is 378 g/mol. The predicted molar refractivity (Wildman–Crippen MR) is 87.4 cm³/mol. The number of nitrogens with zero attached hydrogens (tertiary/aromatic N) is 2. The molecule has 0 spiro atoms. The van der Waals surface area contributed by atoms with Crippen molar-refractivity contribution in [1.82, 2.24) is 0 Å². The highest BCUT2D eigenvalue weighted by atomic mass is 79.9. The smallest absolute Gasteiger partial charge is 0.271 e. The molecule has 0 heterocycles. The number of nitriles is 1. The number of nitro benzene ring substituents is 1. The second-order valence-corrected chi connectivity index (χ2v) is 5.59. The SMILES string of the molecule is N#C/C(=C/c1cc([N+](=O)[O-])cc(Br)c1O)c1ccc(Cl)cc1. The molecule has 0 fully saturated rings. The Morgan fingerprint density at radius 3 is 2.55 bits per heavy atom. The van der Waals surface area contributed by atoms with Crippen LogP contribution in [0.1, 0.15) is 11.1 Å². The molecular weight excluding hydrogens is 372 g/mol. The van der Waals surface area contributed by atoms with Crippen LogP contribution in [0.25, 0.3) is 11.6 Å². The predicted octanol–water partition coefficient (Wildman–Crippen LogP) is 4.78. The zero-order chi connectivity index (χ0) is 16.3. The van der Waals surface area contributed by atoms with E-state index in [2.05, 4.69) is 15.9 Å². The molecule has 7 heteroatoms. The minimum absolute atomic E-state index is 0.174. The molecule has 0 saturated carbocycles. The lowest BCUT2D eigenvalue weighted by atomic mass is 10.0. The molecule has 2 aromatic rings. The molecule has 0 radical (unpaired) electrons. The summed E-state index contributed by atoms with van der Waals surface area (Å²) in [5, 5.41) is 30.7. The Hall–Kier alpha value is -2.36. The molecule has 22 heavy (non-hydrogen) atoms. The number of non-ortho nitro benzene ring substituents is 1. The van der Waals surface area contributed by atoms with E-state index in [1.165, 1.54) is 18.2 Å². The van der Waals surface area contributed by atoms with E-state index < -0.39 is 4.92 Å². The molecule has 2 aromatic carbocycles. The minimum atomic E-state index is -0.574. The molecule has 110 valence electrons. The van der Waals surface area contributed by atoms with Crippen molar-refractivity contribution in [2.24, 2.45) is 0 Å². The van der Waals surface area contributed by atoms with E-state index >= 15 is 0 Å². The van der Waals surface area contributed by atoms with Gasteiger partial charge in [0, 0.05) is 22.7 Å². The largest absolute Gasteiger partial charge is 0.506 e. The average molecular weight is 380 g/mol. The van der Waals surface area contributed by atoms with E-state index in [9.17, 15) is 20.5 Å². The molecule has 0 amide bonds. The molecule has 0 atom stereocenters. The summed E-state index contributed by atoms with van der Waals surface area (Å²) in [4.78, 5) is 10.3. The van der Waals surface area contributed by atoms with Gasteiger partial charge >= 0.3 is 0 Å². The number of aromatic hydroxyl groups is 1. The molecule has 0 bridgehead atoms. The lowest BCUT2D eigenvalue weighted by Gasteiger charge is -2.04. The molecule has 0 aromatic heterocycles. The highest BCUT2D eigenvalue weighted by Gasteiger charge is 2.14. The molecule has 1 N–H and O–H groups in total. The van der Waals surface area contributed by atoms with Crippen molar-refractivity contribution in [1.29, 1.82) is 5.26 Å². The van der Waals surface area contributed by atoms with Crippen molar-refractivity contribution in [3.05, 3.63) is 67.1 Å². The lowest BCUT2D eigenvalue weighted by Crippen LogP contribution is -1.90. The number of nitro groups is 1. The molecule has 2 rings (SSSR count). The Morgan fingerprint density at radius 2 is 2.00 bits per heavy atom. The first-order valence-corrected chi connectivity index (χ1v) is 7.14. The minimum Gasteiger partial charge on any atom is -0.506 e. The van der Waals surface area contributed by atoms with Crippen molar-refractivity contribution < 1.29 is 10.0 Å². The van der Waals surface area contributed by atoms with Crippen LogP contribution in [-0.4, -0.2) is 10.0 Å². The molecule has 0 saturated heterocycles. The van der Waals surface area contributed by atoms with Gasteiger partial charge in [0.05, 0.1) is 21.0 Å². The van der Waals surface area contributed by atoms with Crippen molar-refractivity contribution in [3.8, 4) is 11.8 Å². The zero-order valence-electron chi connectivity index (χ0n) is 11.0. The highest BCUT2D eigenvalue weighted by Crippen LogP contribution is 2.34. The Kier molecular flexibility index (Phi) is 4.81. The van der Waals surface area contributed by atoms with E-state index in [0.29, 0.717) is 10.6 Å². The standard InChI is InChI=1S/C15H8BrClN2O3/c16-14-7-13(19(21)22)6-10(15(14)20)5-11(8-18)9-1-3-12(17)4-2-9/h1-7,20H/b11-5-. The number of halogens is 2. The fraction of sp³-hybridized carbons (Fsp3) is 0. The summed E-state index contributed by atoms with van der Waals surface area (Å²) in [6, 6.07) is 11.0. The van der Waals surface area contributed by atoms with E-state index in [1.54, 1.807) is 24.3 Å². The second-order valence-electron chi connectivity index (χ2n) is 4.30. The molecule has 0 aliphatic rings. The summed E-state index contributed by atoms with van der Waals surface area (Å²) in [7, 11) is 0. The number of phenols is 1. The van der Waals surface area contributed by atoms with Crippen LogP contribution in [0.3, 0.4) is 0 Å². The van der Waals surface area contributed by atoms with Crippen molar-refractivity contribution >= 4 is 44.9 Å². The molecule has 0 aliphatic carbocycles. The van der Waals surface area contributed by atoms with Crippen LogP contribution < -0.4 is 0 Å². The quantitative estimate of drug-likeness (QED) is 0.360. The Labute approximate surface area is 139 Å². The maximum absolute atomic E-state index is 10.9. The van der Waals surface area contributed by atoms with Gasteiger partial charge in [-0.15, -0.1) is 0 Å². The third kappa shape index (κ3) is 3.45. The third-order valence-corrected chi connectivity index (χ3v) is 3.72. The van der Waals surface area contributed by atoms with Crippen LogP contribution in [-0.2, 0) is 0 Å². The van der Waals surface area contributed by atoms with Crippen LogP contribution in [0.5, 0.6) is 5.75 Å². The van der Waals surface area contributed by atoms with Gasteiger partial charge < -0.3 is 5.11 Å². The summed E-state index contributed by atoms with van der Waals surface area (Å²) in [6.45, 7) is 0. The van der Waals surface area contributed by atoms with Crippen LogP contribution in [0, 0.1) is 21.4 Å². The van der Waals surface area contributed by atoms with Gasteiger partial charge in [-0.05, 0) is 39.7 Å². The highest BCUT2D eigenvalue weighted by molar-refractivity contribution is 9.10. The molecule has 5 nitrogen and oxygen atoms in total. The first-order chi connectivity index (χ1) is 10.4. The number of allylic oxidation sites excluding steroid dienone is 1. The van der Waals surface area contributed by atoms with Crippen LogP contribution in [0.4, 0.5) is 5.69 Å². The molecule has 0 aliphatic heterocycles. The van der Waals surface area contributed by atoms with E-state index in [0.717, 1.165) is 0 Å². The Balaban J connectivity index is 2.57. The van der Waals surface area contributed by atoms with Crippen LogP contribution in [0.15, 0.2) is 40.9 Å². The molecule has 0 unspecified atom stereocenters. The van der Waals surface area contributed by atoms with Crippen LogP contribution in [0.2, 0.25) is 5.02 Å². The zero-order valence-corrected chi connectivity index (χ0v) is 13.3. The fourth-order valence-corrected chi connectivity index (χ4v) is 2.38. The maximum atomic E-state index is 10.9. The number of rotatable bonds is 3. The third-order valence-electron chi connectivity index (χ3n) is 2.86. The van der Waals surface area contributed by atoms with Gasteiger partial charge in [-0.25, -0.2) is 0 Å². The second kappa shape index (κ2) is 6.60. The van der Waals surface area contributed by atoms with Gasteiger partial charge in [0.25, 0.3) is 5.69 Å². The maximum Gasteiger partial charge on any atom is 0.271 e. The van der Waals surface area contributed by atoms with Gasteiger partial charge in [0.2, 0.25) is 0 Å². The summed E-state index contributed by atoms with van der Waals surface area (Å²) < 4.78 is 0.182. The summed E-state index contributed by atoms with van der Waals surface area (Å²) >= 11 is 8.86. The van der Waals surface area contributed by atoms with E-state index in [4.69, 9.17) is 11.6 Å².